The van der Waals surface area contributed by atoms with Crippen LogP contribution in [0.1, 0.15) is 22.8 Å². The normalized spacial score (nSPS) is 21.0. The van der Waals surface area contributed by atoms with E-state index in [2.05, 4.69) is 16.9 Å². The molecule has 2 aliphatic heterocycles. The van der Waals surface area contributed by atoms with Gasteiger partial charge in [-0.05, 0) is 61.5 Å². The van der Waals surface area contributed by atoms with Gasteiger partial charge in [-0.15, -0.1) is 0 Å². The topological polar surface area (TPSA) is 72.5 Å². The zero-order valence-corrected chi connectivity index (χ0v) is 24.4. The Hall–Kier alpha value is -3.27. The van der Waals surface area contributed by atoms with Crippen molar-refractivity contribution in [3.8, 4) is 11.5 Å². The van der Waals surface area contributed by atoms with Crippen LogP contribution in [-0.2, 0) is 15.3 Å². The number of hydrazine groups is 1. The van der Waals surface area contributed by atoms with E-state index >= 15 is 0 Å². The number of nitrogens with one attached hydrogen (secondary N) is 1. The highest BCUT2D eigenvalue weighted by Gasteiger charge is 2.40. The third-order valence-corrected chi connectivity index (χ3v) is 7.55. The van der Waals surface area contributed by atoms with Gasteiger partial charge in [-0.3, -0.25) is 10.2 Å². The Kier molecular flexibility index (Phi) is 9.37. The predicted octanol–water partition coefficient (Wildman–Crippen LogP) is 5.69. The summed E-state index contributed by atoms with van der Waals surface area (Å²) in [5.74, 6) is 0.281. The number of piperazine rings is 1. The van der Waals surface area contributed by atoms with Crippen LogP contribution in [0.4, 0.5) is 5.69 Å². The van der Waals surface area contributed by atoms with E-state index in [-0.39, 0.29) is 12.0 Å². The maximum absolute atomic E-state index is 12.7. The monoisotopic (exact) mass is 597 g/mol. The molecule has 216 valence electrons. The summed E-state index contributed by atoms with van der Waals surface area (Å²) in [4.78, 5) is 15.0. The van der Waals surface area contributed by atoms with Gasteiger partial charge in [0.05, 0.1) is 11.6 Å². The first-order chi connectivity index (χ1) is 19.8. The maximum atomic E-state index is 12.7. The second-order valence-electron chi connectivity index (χ2n) is 9.97. The van der Waals surface area contributed by atoms with Gasteiger partial charge in [-0.1, -0.05) is 48.0 Å². The molecule has 2 aliphatic rings. The molecule has 0 radical (unpaired) electrons. The van der Waals surface area contributed by atoms with Crippen LogP contribution >= 0.6 is 23.2 Å². The fourth-order valence-corrected chi connectivity index (χ4v) is 5.41. The molecule has 41 heavy (non-hydrogen) atoms. The van der Waals surface area contributed by atoms with Crippen LogP contribution < -0.4 is 19.8 Å². The largest absolute Gasteiger partial charge is 0.491 e. The highest BCUT2D eigenvalue weighted by Crippen LogP contribution is 2.38. The molecule has 8 nitrogen and oxygen atoms in total. The van der Waals surface area contributed by atoms with Crippen molar-refractivity contribution in [3.05, 3.63) is 101 Å². The molecule has 0 saturated carbocycles. The van der Waals surface area contributed by atoms with Gasteiger partial charge in [0.2, 0.25) is 0 Å². The van der Waals surface area contributed by atoms with Crippen LogP contribution in [0.2, 0.25) is 10.0 Å². The van der Waals surface area contributed by atoms with Crippen LogP contribution in [0.25, 0.3) is 0 Å². The van der Waals surface area contributed by atoms with Gasteiger partial charge in [0.25, 0.3) is 5.91 Å². The molecule has 2 saturated heterocycles. The number of nitrogens with zero attached hydrogens (tertiary/aromatic N) is 2. The third-order valence-electron chi connectivity index (χ3n) is 7.00. The second kappa shape index (κ2) is 13.1. The smallest absolute Gasteiger partial charge is 0.265 e. The summed E-state index contributed by atoms with van der Waals surface area (Å²) in [5, 5.41) is 3.01. The van der Waals surface area contributed by atoms with Gasteiger partial charge in [0, 0.05) is 48.0 Å². The minimum absolute atomic E-state index is 0.155. The maximum Gasteiger partial charge on any atom is 0.265 e. The number of ether oxygens (including phenoxy) is 4. The van der Waals surface area contributed by atoms with Gasteiger partial charge in [-0.25, -0.2) is 5.01 Å². The number of anilines is 1. The van der Waals surface area contributed by atoms with Gasteiger partial charge in [0.15, 0.2) is 5.79 Å². The number of rotatable bonds is 10. The first-order valence-electron chi connectivity index (χ1n) is 13.5. The summed E-state index contributed by atoms with van der Waals surface area (Å²) in [6, 6.07) is 20.4. The average molecular weight is 599 g/mol. The minimum atomic E-state index is -0.953. The van der Waals surface area contributed by atoms with Gasteiger partial charge in [0.1, 0.15) is 30.8 Å². The van der Waals surface area contributed by atoms with E-state index in [1.165, 1.54) is 0 Å². The Morgan fingerprint density at radius 1 is 1.05 bits per heavy atom. The van der Waals surface area contributed by atoms with E-state index in [1.807, 2.05) is 54.4 Å². The molecule has 0 aromatic heterocycles. The molecule has 1 N–H and O–H groups in total. The lowest BCUT2D eigenvalue weighted by molar-refractivity contribution is -0.164. The van der Waals surface area contributed by atoms with Crippen LogP contribution in [0.15, 0.2) is 79.4 Å². The first-order valence-corrected chi connectivity index (χ1v) is 14.2. The number of carbonyl (C=O) groups is 1. The highest BCUT2D eigenvalue weighted by atomic mass is 35.5. The minimum Gasteiger partial charge on any atom is -0.491 e. The van der Waals surface area contributed by atoms with E-state index in [1.54, 1.807) is 30.3 Å². The SMILES string of the molecule is C=CCOc1cccc(C(=O)NN2CCN(c3ccc(OC[C@@H]4CO[C@](C)(c5ccc(Cl)cc5Cl)O4)cc3)CC2)c1. The van der Waals surface area contributed by atoms with Crippen molar-refractivity contribution < 1.29 is 23.7 Å². The molecule has 0 spiro atoms. The first kappa shape index (κ1) is 29.2. The summed E-state index contributed by atoms with van der Waals surface area (Å²) < 4.78 is 23.6. The predicted molar refractivity (Wildman–Crippen MR) is 160 cm³/mol. The number of benzene rings is 3. The van der Waals surface area contributed by atoms with Crippen LogP contribution in [0, 0.1) is 0 Å². The number of amides is 1. The lowest BCUT2D eigenvalue weighted by atomic mass is 10.1. The van der Waals surface area contributed by atoms with E-state index in [0.717, 1.165) is 30.1 Å². The van der Waals surface area contributed by atoms with E-state index < -0.39 is 5.79 Å². The van der Waals surface area contributed by atoms with Crippen molar-refractivity contribution in [2.24, 2.45) is 0 Å². The molecule has 2 fully saturated rings. The molecule has 0 bridgehead atoms. The number of halogens is 2. The van der Waals surface area contributed by atoms with Gasteiger partial charge >= 0.3 is 0 Å². The lowest BCUT2D eigenvalue weighted by Gasteiger charge is -2.36. The number of hydrogen-bond acceptors (Lipinski definition) is 7. The highest BCUT2D eigenvalue weighted by molar-refractivity contribution is 6.35. The van der Waals surface area contributed by atoms with E-state index in [4.69, 9.17) is 42.1 Å². The standard InChI is InChI=1S/C31H33Cl2N3O5/c1-3-17-38-26-6-4-5-22(18-26)30(37)34-36-15-13-35(14-16-36)24-8-10-25(11-9-24)39-20-27-21-40-31(2,41-27)28-12-7-23(32)19-29(28)33/h3-12,18-19,27H,1,13-17,20-21H2,2H3,(H,34,37)/t27-,31+/m1/s1. The van der Waals surface area contributed by atoms with Crippen LogP contribution in [0.3, 0.4) is 0 Å². The van der Waals surface area contributed by atoms with Crippen molar-refractivity contribution in [2.45, 2.75) is 18.8 Å². The van der Waals surface area contributed by atoms with Gasteiger partial charge in [-0.2, -0.15) is 0 Å². The Morgan fingerprint density at radius 3 is 2.56 bits per heavy atom. The molecule has 0 unspecified atom stereocenters. The van der Waals surface area contributed by atoms with Crippen molar-refractivity contribution in [3.63, 3.8) is 0 Å². The summed E-state index contributed by atoms with van der Waals surface area (Å²) in [6.07, 6.45) is 1.43. The molecule has 10 heteroatoms. The molecule has 5 rings (SSSR count). The summed E-state index contributed by atoms with van der Waals surface area (Å²) in [7, 11) is 0. The molecule has 1 amide bonds. The van der Waals surface area contributed by atoms with Crippen molar-refractivity contribution in [1.29, 1.82) is 0 Å². The molecular weight excluding hydrogens is 565 g/mol. The number of hydrogen-bond donors (Lipinski definition) is 1. The van der Waals surface area contributed by atoms with Crippen molar-refractivity contribution >= 4 is 34.8 Å². The Bertz CT molecular complexity index is 1360. The van der Waals surface area contributed by atoms with E-state index in [9.17, 15) is 4.79 Å². The summed E-state index contributed by atoms with van der Waals surface area (Å²) >= 11 is 12.4. The quantitative estimate of drug-likeness (QED) is 0.301. The Labute approximate surface area is 250 Å². The molecule has 2 heterocycles. The van der Waals surface area contributed by atoms with Crippen molar-refractivity contribution in [1.82, 2.24) is 10.4 Å². The fraction of sp³-hybridized carbons (Fsp3) is 0.323. The van der Waals surface area contributed by atoms with Gasteiger partial charge < -0.3 is 23.8 Å². The second-order valence-corrected chi connectivity index (χ2v) is 10.8. The third kappa shape index (κ3) is 7.33. The Morgan fingerprint density at radius 2 is 1.83 bits per heavy atom. The molecule has 3 aromatic rings. The summed E-state index contributed by atoms with van der Waals surface area (Å²) in [6.45, 7) is 9.59. The zero-order chi connectivity index (χ0) is 28.8. The molecule has 0 aliphatic carbocycles. The summed E-state index contributed by atoms with van der Waals surface area (Å²) in [5.41, 5.74) is 5.39. The molecular formula is C31H33Cl2N3O5. The molecule has 3 aromatic carbocycles. The van der Waals surface area contributed by atoms with Crippen LogP contribution in [0.5, 0.6) is 11.5 Å². The lowest BCUT2D eigenvalue weighted by Crippen LogP contribution is -2.53. The van der Waals surface area contributed by atoms with Crippen molar-refractivity contribution in [2.75, 3.05) is 50.9 Å². The number of carbonyl (C=O) groups excluding carboxylic acids is 1. The molecule has 2 atom stereocenters. The fourth-order valence-electron chi connectivity index (χ4n) is 4.83. The zero-order valence-electron chi connectivity index (χ0n) is 22.9. The van der Waals surface area contributed by atoms with E-state index in [0.29, 0.717) is 54.3 Å². The average Bonchev–Trinajstić information content (AvgIpc) is 3.37. The van der Waals surface area contributed by atoms with Crippen LogP contribution in [-0.4, -0.2) is 63.0 Å². The Balaban J connectivity index is 1.07.